The summed E-state index contributed by atoms with van der Waals surface area (Å²) in [6.45, 7) is 4.36. The van der Waals surface area contributed by atoms with E-state index in [9.17, 15) is 14.7 Å². The number of hydrogen-bond acceptors (Lipinski definition) is 5. The first kappa shape index (κ1) is 21.9. The molecule has 0 fully saturated rings. The molecule has 2 aliphatic rings. The van der Waals surface area contributed by atoms with Gasteiger partial charge in [-0.2, -0.15) is 0 Å². The van der Waals surface area contributed by atoms with Crippen LogP contribution in [0.5, 0.6) is 11.5 Å². The Morgan fingerprint density at radius 3 is 2.34 bits per heavy atom. The molecule has 0 spiro atoms. The summed E-state index contributed by atoms with van der Waals surface area (Å²) in [5.41, 5.74) is 2.29. The van der Waals surface area contributed by atoms with Crippen LogP contribution in [0.15, 0.2) is 53.8 Å². The van der Waals surface area contributed by atoms with Gasteiger partial charge in [0.2, 0.25) is 0 Å². The molecule has 6 nitrogen and oxygen atoms in total. The Kier molecular flexibility index (Phi) is 5.71. The van der Waals surface area contributed by atoms with E-state index in [2.05, 4.69) is 0 Å². The van der Waals surface area contributed by atoms with Gasteiger partial charge < -0.3 is 19.5 Å². The summed E-state index contributed by atoms with van der Waals surface area (Å²) in [7, 11) is 3.14. The fourth-order valence-corrected chi connectivity index (χ4v) is 4.83. The van der Waals surface area contributed by atoms with Crippen LogP contribution in [-0.4, -0.2) is 42.5 Å². The Morgan fingerprint density at radius 2 is 1.72 bits per heavy atom. The van der Waals surface area contributed by atoms with Crippen LogP contribution in [-0.2, 0) is 11.2 Å². The molecule has 1 heterocycles. The van der Waals surface area contributed by atoms with E-state index < -0.39 is 6.04 Å². The van der Waals surface area contributed by atoms with Crippen LogP contribution in [0.1, 0.15) is 54.2 Å². The van der Waals surface area contributed by atoms with Crippen molar-refractivity contribution in [1.82, 2.24) is 4.90 Å². The van der Waals surface area contributed by atoms with E-state index in [-0.39, 0.29) is 22.9 Å². The van der Waals surface area contributed by atoms with E-state index in [0.717, 1.165) is 11.1 Å². The number of rotatable bonds is 4. The first-order valence-corrected chi connectivity index (χ1v) is 10.8. The van der Waals surface area contributed by atoms with Gasteiger partial charge in [0.25, 0.3) is 5.91 Å². The van der Waals surface area contributed by atoms with Crippen LogP contribution < -0.4 is 9.47 Å². The Balaban J connectivity index is 1.90. The monoisotopic (exact) mass is 435 g/mol. The van der Waals surface area contributed by atoms with Gasteiger partial charge in [-0.3, -0.25) is 9.59 Å². The van der Waals surface area contributed by atoms with E-state index in [1.54, 1.807) is 31.3 Å². The minimum Gasteiger partial charge on any atom is -0.512 e. The Labute approximate surface area is 188 Å². The quantitative estimate of drug-likeness (QED) is 0.757. The lowest BCUT2D eigenvalue weighted by molar-refractivity contribution is -0.119. The van der Waals surface area contributed by atoms with Gasteiger partial charge in [0.1, 0.15) is 5.76 Å². The van der Waals surface area contributed by atoms with Gasteiger partial charge in [-0.1, -0.05) is 32.0 Å². The molecule has 0 saturated heterocycles. The standard InChI is InChI=1S/C26H29NO5/c1-26(2)14-19(28)23(20(29)15-26)24-18-13-22(32-4)21(31-3)12-17(18)10-11-27(24)25(30)16-8-6-5-7-9-16/h5-9,12-13,24,28H,10-11,14-15H2,1-4H3. The van der Waals surface area contributed by atoms with E-state index in [4.69, 9.17) is 9.47 Å². The van der Waals surface area contributed by atoms with Gasteiger partial charge in [-0.25, -0.2) is 0 Å². The number of carbonyl (C=O) groups is 2. The molecule has 168 valence electrons. The highest BCUT2D eigenvalue weighted by Crippen LogP contribution is 2.46. The summed E-state index contributed by atoms with van der Waals surface area (Å²) in [5, 5.41) is 11.0. The molecule has 1 aliphatic heterocycles. The lowest BCUT2D eigenvalue weighted by atomic mass is 9.73. The maximum atomic E-state index is 13.5. The third kappa shape index (κ3) is 3.85. The molecule has 0 bridgehead atoms. The smallest absolute Gasteiger partial charge is 0.254 e. The summed E-state index contributed by atoms with van der Waals surface area (Å²) in [5.74, 6) is 0.882. The number of ether oxygens (including phenoxy) is 2. The van der Waals surface area contributed by atoms with Gasteiger partial charge >= 0.3 is 0 Å². The molecule has 32 heavy (non-hydrogen) atoms. The molecule has 1 amide bonds. The van der Waals surface area contributed by atoms with Crippen LogP contribution in [0.4, 0.5) is 0 Å². The number of ketones is 1. The molecule has 1 aliphatic carbocycles. The van der Waals surface area contributed by atoms with Crippen molar-refractivity contribution in [3.63, 3.8) is 0 Å². The summed E-state index contributed by atoms with van der Waals surface area (Å²) in [4.78, 5) is 28.5. The third-order valence-corrected chi connectivity index (χ3v) is 6.33. The molecular formula is C26H29NO5. The fraction of sp³-hybridized carbons (Fsp3) is 0.385. The largest absolute Gasteiger partial charge is 0.512 e. The number of methoxy groups -OCH3 is 2. The maximum Gasteiger partial charge on any atom is 0.254 e. The van der Waals surface area contributed by atoms with E-state index >= 15 is 0 Å². The predicted molar refractivity (Wildman–Crippen MR) is 121 cm³/mol. The number of Topliss-reactive ketones (excluding diaryl/α,β-unsaturated/α-hetero) is 1. The normalized spacial score (nSPS) is 20.1. The van der Waals surface area contributed by atoms with Crippen molar-refractivity contribution >= 4 is 11.7 Å². The Bertz CT molecular complexity index is 1090. The zero-order chi connectivity index (χ0) is 23.0. The fourth-order valence-electron chi connectivity index (χ4n) is 4.83. The molecule has 0 saturated carbocycles. The minimum atomic E-state index is -0.685. The van der Waals surface area contributed by atoms with Crippen molar-refractivity contribution in [2.24, 2.45) is 5.41 Å². The molecule has 2 aromatic carbocycles. The first-order chi connectivity index (χ1) is 15.3. The molecule has 1 unspecified atom stereocenters. The van der Waals surface area contributed by atoms with Crippen LogP contribution in [0.3, 0.4) is 0 Å². The van der Waals surface area contributed by atoms with Crippen molar-refractivity contribution in [1.29, 1.82) is 0 Å². The second-order valence-corrected chi connectivity index (χ2v) is 9.22. The van der Waals surface area contributed by atoms with Crippen molar-refractivity contribution in [2.75, 3.05) is 20.8 Å². The summed E-state index contributed by atoms with van der Waals surface area (Å²) in [6.07, 6.45) is 1.32. The SMILES string of the molecule is COc1cc2c(cc1OC)C(C1=C(O)CC(C)(C)CC1=O)N(C(=O)c1ccccc1)CC2. The van der Waals surface area contributed by atoms with E-state index in [0.29, 0.717) is 48.4 Å². The number of benzene rings is 2. The summed E-state index contributed by atoms with van der Waals surface area (Å²) in [6, 6.07) is 12.1. The number of aliphatic hydroxyl groups is 1. The molecule has 1 atom stereocenters. The number of nitrogens with zero attached hydrogens (tertiary/aromatic N) is 1. The van der Waals surface area contributed by atoms with E-state index in [1.807, 2.05) is 44.2 Å². The van der Waals surface area contributed by atoms with Crippen molar-refractivity contribution < 1.29 is 24.2 Å². The van der Waals surface area contributed by atoms with Crippen LogP contribution in [0, 0.1) is 5.41 Å². The highest BCUT2D eigenvalue weighted by atomic mass is 16.5. The molecule has 0 radical (unpaired) electrons. The van der Waals surface area contributed by atoms with Crippen LogP contribution in [0.2, 0.25) is 0 Å². The highest BCUT2D eigenvalue weighted by molar-refractivity contribution is 6.01. The number of carbonyl (C=O) groups excluding carboxylic acids is 2. The van der Waals surface area contributed by atoms with Gasteiger partial charge in [0.15, 0.2) is 17.3 Å². The molecule has 0 aromatic heterocycles. The Hall–Kier alpha value is -3.28. The summed E-state index contributed by atoms with van der Waals surface area (Å²) < 4.78 is 11.0. The zero-order valence-corrected chi connectivity index (χ0v) is 19.0. The lowest BCUT2D eigenvalue weighted by Crippen LogP contribution is -2.44. The third-order valence-electron chi connectivity index (χ3n) is 6.33. The highest BCUT2D eigenvalue weighted by Gasteiger charge is 2.43. The second kappa shape index (κ2) is 8.34. The number of amides is 1. The van der Waals surface area contributed by atoms with Crippen LogP contribution >= 0.6 is 0 Å². The number of hydrogen-bond donors (Lipinski definition) is 1. The number of allylic oxidation sites excluding steroid dienone is 1. The van der Waals surface area contributed by atoms with Gasteiger partial charge in [-0.15, -0.1) is 0 Å². The Morgan fingerprint density at radius 1 is 1.06 bits per heavy atom. The number of fused-ring (bicyclic) bond motifs is 1. The van der Waals surface area contributed by atoms with Gasteiger partial charge in [0.05, 0.1) is 25.8 Å². The van der Waals surface area contributed by atoms with Crippen molar-refractivity contribution in [3.8, 4) is 11.5 Å². The van der Waals surface area contributed by atoms with Crippen LogP contribution in [0.25, 0.3) is 0 Å². The first-order valence-electron chi connectivity index (χ1n) is 10.8. The number of aliphatic hydroxyl groups excluding tert-OH is 1. The molecule has 6 heteroatoms. The molecule has 1 N–H and O–H groups in total. The average molecular weight is 436 g/mol. The molecule has 4 rings (SSSR count). The predicted octanol–water partition coefficient (Wildman–Crippen LogP) is 4.64. The molecular weight excluding hydrogens is 406 g/mol. The zero-order valence-electron chi connectivity index (χ0n) is 19.0. The van der Waals surface area contributed by atoms with Gasteiger partial charge in [0, 0.05) is 24.9 Å². The van der Waals surface area contributed by atoms with Crippen molar-refractivity contribution in [2.45, 2.75) is 39.2 Å². The van der Waals surface area contributed by atoms with E-state index in [1.165, 1.54) is 0 Å². The minimum absolute atomic E-state index is 0.0600. The lowest BCUT2D eigenvalue weighted by Gasteiger charge is -2.41. The summed E-state index contributed by atoms with van der Waals surface area (Å²) >= 11 is 0. The van der Waals surface area contributed by atoms with Gasteiger partial charge in [-0.05, 0) is 47.2 Å². The molecule has 2 aromatic rings. The second-order valence-electron chi connectivity index (χ2n) is 9.22. The topological polar surface area (TPSA) is 76.1 Å². The average Bonchev–Trinajstić information content (AvgIpc) is 2.77. The van der Waals surface area contributed by atoms with Crippen molar-refractivity contribution in [3.05, 3.63) is 70.5 Å². The maximum absolute atomic E-state index is 13.5.